The Bertz CT molecular complexity index is 605. The molecule has 1 fully saturated rings. The Hall–Kier alpha value is -1.46. The van der Waals surface area contributed by atoms with Gasteiger partial charge in [-0.2, -0.15) is 0 Å². The van der Waals surface area contributed by atoms with Crippen molar-refractivity contribution in [3.05, 3.63) is 29.1 Å². The number of ether oxygens (including phenoxy) is 1. The Labute approximate surface area is 150 Å². The minimum atomic E-state index is -0.186. The summed E-state index contributed by atoms with van der Waals surface area (Å²) >= 11 is 0. The number of amides is 1. The third-order valence-corrected chi connectivity index (χ3v) is 5.76. The molecule has 0 bridgehead atoms. The van der Waals surface area contributed by atoms with Crippen molar-refractivity contribution in [3.8, 4) is 0 Å². The van der Waals surface area contributed by atoms with Gasteiger partial charge in [-0.1, -0.05) is 0 Å². The highest BCUT2D eigenvalue weighted by molar-refractivity contribution is 5.94. The Morgan fingerprint density at radius 2 is 2.20 bits per heavy atom. The average molecular weight is 346 g/mol. The summed E-state index contributed by atoms with van der Waals surface area (Å²) in [6.45, 7) is 2.22. The van der Waals surface area contributed by atoms with Crippen LogP contribution in [0.15, 0.2) is 12.3 Å². The van der Waals surface area contributed by atoms with Crippen molar-refractivity contribution in [2.24, 2.45) is 5.41 Å². The van der Waals surface area contributed by atoms with Crippen LogP contribution in [0.3, 0.4) is 0 Å². The minimum Gasteiger partial charge on any atom is -0.396 e. The fourth-order valence-electron chi connectivity index (χ4n) is 4.27. The van der Waals surface area contributed by atoms with Gasteiger partial charge in [0, 0.05) is 44.1 Å². The Kier molecular flexibility index (Phi) is 6.07. The van der Waals surface area contributed by atoms with Crippen molar-refractivity contribution < 1.29 is 14.6 Å². The van der Waals surface area contributed by atoms with Gasteiger partial charge in [0.15, 0.2) is 0 Å². The second kappa shape index (κ2) is 8.28. The molecule has 0 unspecified atom stereocenters. The Morgan fingerprint density at radius 3 is 3.00 bits per heavy atom. The molecular formula is C20H30N2O3. The molecule has 138 valence electrons. The highest BCUT2D eigenvalue weighted by Crippen LogP contribution is 2.35. The van der Waals surface area contributed by atoms with Gasteiger partial charge in [0.2, 0.25) is 0 Å². The molecule has 1 aliphatic heterocycles. The van der Waals surface area contributed by atoms with E-state index in [0.29, 0.717) is 18.7 Å². The van der Waals surface area contributed by atoms with Gasteiger partial charge in [0.25, 0.3) is 5.91 Å². The van der Waals surface area contributed by atoms with Crippen LogP contribution >= 0.6 is 0 Å². The quantitative estimate of drug-likeness (QED) is 0.804. The molecule has 1 amide bonds. The van der Waals surface area contributed by atoms with Crippen molar-refractivity contribution in [2.75, 3.05) is 33.4 Å². The highest BCUT2D eigenvalue weighted by Gasteiger charge is 2.36. The second-order valence-electron chi connectivity index (χ2n) is 7.62. The Morgan fingerprint density at radius 1 is 1.36 bits per heavy atom. The smallest absolute Gasteiger partial charge is 0.255 e. The number of aryl methyl sites for hydroxylation is 2. The molecule has 0 saturated carbocycles. The topological polar surface area (TPSA) is 62.7 Å². The van der Waals surface area contributed by atoms with E-state index in [1.54, 1.807) is 13.3 Å². The molecule has 0 radical (unpaired) electrons. The molecule has 5 heteroatoms. The van der Waals surface area contributed by atoms with Gasteiger partial charge in [0.1, 0.15) is 0 Å². The van der Waals surface area contributed by atoms with E-state index in [0.717, 1.165) is 50.8 Å². The number of aliphatic hydroxyl groups is 1. The summed E-state index contributed by atoms with van der Waals surface area (Å²) < 4.78 is 5.15. The van der Waals surface area contributed by atoms with E-state index in [9.17, 15) is 9.90 Å². The number of carbonyl (C=O) groups is 1. The number of aliphatic hydroxyl groups excluding tert-OH is 1. The van der Waals surface area contributed by atoms with Gasteiger partial charge < -0.3 is 14.7 Å². The predicted octanol–water partition coefficient (Wildman–Crippen LogP) is 2.60. The first-order chi connectivity index (χ1) is 12.2. The molecule has 0 spiro atoms. The largest absolute Gasteiger partial charge is 0.396 e. The summed E-state index contributed by atoms with van der Waals surface area (Å²) in [4.78, 5) is 19.5. The van der Waals surface area contributed by atoms with Crippen LogP contribution in [0, 0.1) is 5.41 Å². The van der Waals surface area contributed by atoms with Crippen molar-refractivity contribution >= 4 is 5.91 Å². The number of likely N-dealkylation sites (tertiary alicyclic amines) is 1. The zero-order chi connectivity index (χ0) is 17.7. The number of pyridine rings is 1. The maximum atomic E-state index is 13.0. The molecule has 0 aromatic carbocycles. The summed E-state index contributed by atoms with van der Waals surface area (Å²) in [6.07, 6.45) is 9.90. The highest BCUT2D eigenvalue weighted by atomic mass is 16.5. The molecule has 1 aliphatic carbocycles. The minimum absolute atomic E-state index is 0.0603. The summed E-state index contributed by atoms with van der Waals surface area (Å²) in [5.74, 6) is 0.0603. The molecule has 1 N–H and O–H groups in total. The molecule has 25 heavy (non-hydrogen) atoms. The van der Waals surface area contributed by atoms with Crippen LogP contribution < -0.4 is 0 Å². The van der Waals surface area contributed by atoms with Gasteiger partial charge >= 0.3 is 0 Å². The van der Waals surface area contributed by atoms with Gasteiger partial charge in [-0.3, -0.25) is 9.78 Å². The third kappa shape index (κ3) is 4.21. The summed E-state index contributed by atoms with van der Waals surface area (Å²) in [7, 11) is 1.70. The van der Waals surface area contributed by atoms with Crippen LogP contribution in [-0.2, 0) is 17.6 Å². The van der Waals surface area contributed by atoms with E-state index in [-0.39, 0.29) is 17.9 Å². The number of hydrogen-bond acceptors (Lipinski definition) is 4. The van der Waals surface area contributed by atoms with E-state index in [1.165, 1.54) is 18.4 Å². The lowest BCUT2D eigenvalue weighted by molar-refractivity contribution is 0.0180. The normalized spacial score (nSPS) is 23.4. The number of piperidine rings is 1. The van der Waals surface area contributed by atoms with Gasteiger partial charge in [-0.15, -0.1) is 0 Å². The van der Waals surface area contributed by atoms with Gasteiger partial charge in [0.05, 0.1) is 12.2 Å². The first kappa shape index (κ1) is 18.3. The van der Waals surface area contributed by atoms with Crippen LogP contribution in [0.5, 0.6) is 0 Å². The van der Waals surface area contributed by atoms with Crippen LogP contribution in [0.2, 0.25) is 0 Å². The van der Waals surface area contributed by atoms with Crippen molar-refractivity contribution in [2.45, 2.75) is 51.4 Å². The number of methoxy groups -OCH3 is 1. The zero-order valence-electron chi connectivity index (χ0n) is 15.3. The molecule has 3 rings (SSSR count). The van der Waals surface area contributed by atoms with Crippen LogP contribution in [-0.4, -0.2) is 54.3 Å². The fourth-order valence-corrected chi connectivity index (χ4v) is 4.27. The van der Waals surface area contributed by atoms with E-state index in [4.69, 9.17) is 4.74 Å². The Balaban J connectivity index is 1.71. The molecular weight excluding hydrogens is 316 g/mol. The zero-order valence-corrected chi connectivity index (χ0v) is 15.3. The van der Waals surface area contributed by atoms with Crippen LogP contribution in [0.1, 0.15) is 60.1 Å². The first-order valence-corrected chi connectivity index (χ1v) is 9.54. The van der Waals surface area contributed by atoms with E-state index in [1.807, 2.05) is 11.0 Å². The third-order valence-electron chi connectivity index (χ3n) is 5.76. The number of aromatic nitrogens is 1. The lowest BCUT2D eigenvalue weighted by Crippen LogP contribution is -2.48. The van der Waals surface area contributed by atoms with Gasteiger partial charge in [-0.05, 0) is 63.0 Å². The van der Waals surface area contributed by atoms with Crippen LogP contribution in [0.25, 0.3) is 0 Å². The first-order valence-electron chi connectivity index (χ1n) is 9.54. The van der Waals surface area contributed by atoms with Crippen molar-refractivity contribution in [3.63, 3.8) is 0 Å². The number of rotatable bonds is 6. The maximum absolute atomic E-state index is 13.0. The van der Waals surface area contributed by atoms with Crippen molar-refractivity contribution in [1.29, 1.82) is 0 Å². The summed E-state index contributed by atoms with van der Waals surface area (Å²) in [6, 6.07) is 2.05. The standard InChI is InChI=1S/C20H30N2O3/c1-25-11-5-9-20(15-23)8-4-10-22(14-20)19(24)17-12-16-6-2-3-7-18(16)21-13-17/h12-13,23H,2-11,14-15H2,1H3/t20-/m1/s1. The molecule has 2 heterocycles. The number of hydrogen-bond donors (Lipinski definition) is 1. The summed E-state index contributed by atoms with van der Waals surface area (Å²) in [5, 5.41) is 9.98. The van der Waals surface area contributed by atoms with Crippen LogP contribution in [0.4, 0.5) is 0 Å². The SMILES string of the molecule is COCCC[C@]1(CO)CCCN(C(=O)c2cnc3c(c2)CCCC3)C1. The molecule has 1 saturated heterocycles. The maximum Gasteiger partial charge on any atom is 0.255 e. The molecule has 5 nitrogen and oxygen atoms in total. The van der Waals surface area contributed by atoms with Crippen molar-refractivity contribution in [1.82, 2.24) is 9.88 Å². The number of nitrogens with zero attached hydrogens (tertiary/aromatic N) is 2. The van der Waals surface area contributed by atoms with Gasteiger partial charge in [-0.25, -0.2) is 0 Å². The summed E-state index contributed by atoms with van der Waals surface area (Å²) in [5.41, 5.74) is 2.91. The fraction of sp³-hybridized carbons (Fsp3) is 0.700. The van der Waals surface area contributed by atoms with E-state index < -0.39 is 0 Å². The lowest BCUT2D eigenvalue weighted by Gasteiger charge is -2.42. The molecule has 2 aliphatic rings. The average Bonchev–Trinajstić information content (AvgIpc) is 2.67. The van der Waals surface area contributed by atoms with E-state index >= 15 is 0 Å². The molecule has 1 aromatic heterocycles. The molecule has 1 aromatic rings. The number of fused-ring (bicyclic) bond motifs is 1. The lowest BCUT2D eigenvalue weighted by atomic mass is 9.77. The molecule has 1 atom stereocenters. The monoisotopic (exact) mass is 346 g/mol. The predicted molar refractivity (Wildman–Crippen MR) is 96.6 cm³/mol. The second-order valence-corrected chi connectivity index (χ2v) is 7.62. The van der Waals surface area contributed by atoms with E-state index in [2.05, 4.69) is 4.98 Å². The number of carbonyl (C=O) groups excluding carboxylic acids is 1.